The number of ether oxygens (including phenoxy) is 1. The summed E-state index contributed by atoms with van der Waals surface area (Å²) >= 11 is 2.97. The number of furan rings is 1. The zero-order chi connectivity index (χ0) is 19.7. The molecule has 2 heterocycles. The van der Waals surface area contributed by atoms with Gasteiger partial charge < -0.3 is 13.7 Å². The minimum Gasteiger partial charge on any atom is -0.468 e. The summed E-state index contributed by atoms with van der Waals surface area (Å²) < 4.78 is 13.0. The van der Waals surface area contributed by atoms with Crippen molar-refractivity contribution in [3.05, 3.63) is 59.1 Å². The highest BCUT2D eigenvalue weighted by Gasteiger charge is 2.15. The number of hydrogen-bond donors (Lipinski definition) is 0. The van der Waals surface area contributed by atoms with E-state index in [1.807, 2.05) is 42.7 Å². The maximum absolute atomic E-state index is 12.7. The second-order valence-electron chi connectivity index (χ2n) is 5.95. The second-order valence-corrected chi connectivity index (χ2v) is 7.83. The van der Waals surface area contributed by atoms with Crippen molar-refractivity contribution in [1.82, 2.24) is 4.57 Å². The highest BCUT2D eigenvalue weighted by molar-refractivity contribution is 7.98. The second kappa shape index (κ2) is 7.65. The lowest BCUT2D eigenvalue weighted by molar-refractivity contribution is -0.141. The minimum absolute atomic E-state index is 0.0264. The number of rotatable bonds is 4. The molecule has 142 valence electrons. The standard InChI is InChI=1S/C20H16N2O4S2/c1-25-18(23)11-22-14-8-7-13(27-2)10-17(14)28-20(22)21-19(24)16-9-12-5-3-4-6-15(12)26-16/h3-10H,11H2,1-2H3. The van der Waals surface area contributed by atoms with Crippen LogP contribution >= 0.6 is 23.1 Å². The van der Waals surface area contributed by atoms with Gasteiger partial charge >= 0.3 is 11.9 Å². The van der Waals surface area contributed by atoms with Crippen molar-refractivity contribution in [3.63, 3.8) is 0 Å². The van der Waals surface area contributed by atoms with Gasteiger partial charge in [-0.05, 0) is 36.6 Å². The van der Waals surface area contributed by atoms with Gasteiger partial charge in [-0.25, -0.2) is 0 Å². The summed E-state index contributed by atoms with van der Waals surface area (Å²) in [6, 6.07) is 15.0. The molecular formula is C20H16N2O4S2. The smallest absolute Gasteiger partial charge is 0.325 e. The van der Waals surface area contributed by atoms with Crippen LogP contribution in [0.4, 0.5) is 0 Å². The number of fused-ring (bicyclic) bond motifs is 2. The topological polar surface area (TPSA) is 73.8 Å². The number of thiazole rings is 1. The molecule has 0 atom stereocenters. The Morgan fingerprint density at radius 3 is 2.79 bits per heavy atom. The minimum atomic E-state index is -0.494. The zero-order valence-corrected chi connectivity index (χ0v) is 16.8. The molecular weight excluding hydrogens is 396 g/mol. The fraction of sp³-hybridized carbons (Fsp3) is 0.150. The molecule has 1 amide bonds. The number of methoxy groups -OCH3 is 1. The SMILES string of the molecule is COC(=O)Cn1c(=NC(=O)c2cc3ccccc3o2)sc2cc(SC)ccc21. The molecule has 4 rings (SSSR count). The van der Waals surface area contributed by atoms with E-state index in [0.717, 1.165) is 20.5 Å². The fourth-order valence-electron chi connectivity index (χ4n) is 2.84. The Morgan fingerprint density at radius 2 is 2.04 bits per heavy atom. The van der Waals surface area contributed by atoms with E-state index in [4.69, 9.17) is 9.15 Å². The number of esters is 1. The largest absolute Gasteiger partial charge is 0.468 e. The first-order valence-corrected chi connectivity index (χ1v) is 10.4. The number of benzene rings is 2. The van der Waals surface area contributed by atoms with Crippen molar-refractivity contribution in [2.45, 2.75) is 11.4 Å². The third kappa shape index (κ3) is 3.48. The number of amides is 1. The van der Waals surface area contributed by atoms with Crippen LogP contribution in [-0.2, 0) is 16.1 Å². The van der Waals surface area contributed by atoms with Gasteiger partial charge in [0, 0.05) is 10.3 Å². The summed E-state index contributed by atoms with van der Waals surface area (Å²) in [6.07, 6.45) is 1.99. The predicted molar refractivity (Wildman–Crippen MR) is 110 cm³/mol. The summed E-state index contributed by atoms with van der Waals surface area (Å²) in [5.74, 6) is -0.745. The van der Waals surface area contributed by atoms with E-state index in [-0.39, 0.29) is 12.3 Å². The van der Waals surface area contributed by atoms with Crippen molar-refractivity contribution in [3.8, 4) is 0 Å². The van der Waals surface area contributed by atoms with Gasteiger partial charge in [-0.15, -0.1) is 11.8 Å². The van der Waals surface area contributed by atoms with Crippen LogP contribution in [0.2, 0.25) is 0 Å². The number of nitrogens with zero attached hydrogens (tertiary/aromatic N) is 2. The van der Waals surface area contributed by atoms with E-state index >= 15 is 0 Å². The number of hydrogen-bond acceptors (Lipinski definition) is 6. The molecule has 8 heteroatoms. The van der Waals surface area contributed by atoms with Crippen LogP contribution in [0.1, 0.15) is 10.6 Å². The Morgan fingerprint density at radius 1 is 1.21 bits per heavy atom. The molecule has 0 aliphatic heterocycles. The first-order valence-electron chi connectivity index (χ1n) is 8.41. The summed E-state index contributed by atoms with van der Waals surface area (Å²) in [7, 11) is 1.33. The molecule has 4 aromatic rings. The number of carbonyl (C=O) groups is 2. The molecule has 0 saturated heterocycles. The first kappa shape index (κ1) is 18.5. The van der Waals surface area contributed by atoms with Crippen LogP contribution in [0, 0.1) is 0 Å². The number of thioether (sulfide) groups is 1. The van der Waals surface area contributed by atoms with Crippen LogP contribution in [0.15, 0.2) is 62.8 Å². The molecule has 0 saturated carbocycles. The van der Waals surface area contributed by atoms with E-state index in [1.165, 1.54) is 18.4 Å². The van der Waals surface area contributed by atoms with Crippen molar-refractivity contribution in [2.24, 2.45) is 4.99 Å². The van der Waals surface area contributed by atoms with Crippen LogP contribution in [-0.4, -0.2) is 29.8 Å². The van der Waals surface area contributed by atoms with Gasteiger partial charge in [-0.3, -0.25) is 9.59 Å². The maximum Gasteiger partial charge on any atom is 0.325 e. The first-order chi connectivity index (χ1) is 13.6. The lowest BCUT2D eigenvalue weighted by atomic mass is 10.2. The normalized spacial score (nSPS) is 12.0. The Kier molecular flexibility index (Phi) is 5.06. The number of aromatic nitrogens is 1. The highest BCUT2D eigenvalue weighted by atomic mass is 32.2. The molecule has 0 aliphatic rings. The van der Waals surface area contributed by atoms with Crippen molar-refractivity contribution >= 4 is 56.2 Å². The quantitative estimate of drug-likeness (QED) is 0.373. The highest BCUT2D eigenvalue weighted by Crippen LogP contribution is 2.24. The van der Waals surface area contributed by atoms with Crippen LogP contribution in [0.3, 0.4) is 0 Å². The van der Waals surface area contributed by atoms with Gasteiger partial charge in [-0.1, -0.05) is 29.5 Å². The fourth-order valence-corrected chi connectivity index (χ4v) is 4.42. The van der Waals surface area contributed by atoms with Gasteiger partial charge in [0.2, 0.25) is 0 Å². The lowest BCUT2D eigenvalue weighted by Crippen LogP contribution is -2.22. The molecule has 0 fully saturated rings. The molecule has 0 aliphatic carbocycles. The van der Waals surface area contributed by atoms with E-state index in [2.05, 4.69) is 4.99 Å². The van der Waals surface area contributed by atoms with Crippen molar-refractivity contribution in [2.75, 3.05) is 13.4 Å². The third-order valence-electron chi connectivity index (χ3n) is 4.24. The Labute approximate surface area is 168 Å². The molecule has 0 N–H and O–H groups in total. The van der Waals surface area contributed by atoms with Gasteiger partial charge in [0.05, 0.1) is 17.3 Å². The van der Waals surface area contributed by atoms with E-state index in [1.54, 1.807) is 28.5 Å². The summed E-state index contributed by atoms with van der Waals surface area (Å²) in [4.78, 5) is 30.3. The van der Waals surface area contributed by atoms with E-state index in [0.29, 0.717) is 10.4 Å². The molecule has 2 aromatic carbocycles. The molecule has 0 spiro atoms. The lowest BCUT2D eigenvalue weighted by Gasteiger charge is -2.04. The molecule has 0 bridgehead atoms. The summed E-state index contributed by atoms with van der Waals surface area (Å²) in [6.45, 7) is -0.0264. The Balaban J connectivity index is 1.84. The van der Waals surface area contributed by atoms with Crippen LogP contribution in [0.25, 0.3) is 21.2 Å². The van der Waals surface area contributed by atoms with Crippen molar-refractivity contribution in [1.29, 1.82) is 0 Å². The molecule has 0 radical (unpaired) electrons. The molecule has 28 heavy (non-hydrogen) atoms. The average molecular weight is 412 g/mol. The van der Waals surface area contributed by atoms with E-state index in [9.17, 15) is 9.59 Å². The predicted octanol–water partition coefficient (Wildman–Crippen LogP) is 4.09. The molecule has 2 aromatic heterocycles. The summed E-state index contributed by atoms with van der Waals surface area (Å²) in [5.41, 5.74) is 1.45. The molecule has 0 unspecified atom stereocenters. The van der Waals surface area contributed by atoms with Crippen LogP contribution in [0.5, 0.6) is 0 Å². The number of carbonyl (C=O) groups excluding carboxylic acids is 2. The Hall–Kier alpha value is -2.84. The monoisotopic (exact) mass is 412 g/mol. The van der Waals surface area contributed by atoms with Crippen LogP contribution < -0.4 is 4.80 Å². The zero-order valence-electron chi connectivity index (χ0n) is 15.2. The average Bonchev–Trinajstić information content (AvgIpc) is 3.29. The Bertz CT molecular complexity index is 1230. The summed E-state index contributed by atoms with van der Waals surface area (Å²) in [5, 5.41) is 0.837. The van der Waals surface area contributed by atoms with Gasteiger partial charge in [0.1, 0.15) is 12.1 Å². The molecule has 6 nitrogen and oxygen atoms in total. The van der Waals surface area contributed by atoms with E-state index < -0.39 is 11.9 Å². The van der Waals surface area contributed by atoms with Crippen molar-refractivity contribution < 1.29 is 18.7 Å². The van der Waals surface area contributed by atoms with Gasteiger partial charge in [0.25, 0.3) is 0 Å². The third-order valence-corrected chi connectivity index (χ3v) is 6.00. The number of para-hydroxylation sites is 1. The van der Waals surface area contributed by atoms with Gasteiger partial charge in [0.15, 0.2) is 10.6 Å². The van der Waals surface area contributed by atoms with Gasteiger partial charge in [-0.2, -0.15) is 4.99 Å². The maximum atomic E-state index is 12.7.